The number of benzene rings is 1. The van der Waals surface area contributed by atoms with Gasteiger partial charge in [0, 0.05) is 29.4 Å². The van der Waals surface area contributed by atoms with Gasteiger partial charge in [-0.15, -0.1) is 0 Å². The van der Waals surface area contributed by atoms with Crippen LogP contribution >= 0.6 is 0 Å². The maximum atomic E-state index is 13.7. The van der Waals surface area contributed by atoms with E-state index in [1.807, 2.05) is 6.92 Å². The molecule has 2 aromatic rings. The number of carbonyl (C=O) groups excluding carboxylic acids is 1. The number of carbonyl (C=O) groups is 1. The molecule has 0 aliphatic carbocycles. The predicted octanol–water partition coefficient (Wildman–Crippen LogP) is 2.59. The lowest BCUT2D eigenvalue weighted by molar-refractivity contribution is 0.0784. The van der Waals surface area contributed by atoms with Crippen LogP contribution in [0.5, 0.6) is 0 Å². The molecule has 112 valence electrons. The molecule has 0 unspecified atom stereocenters. The van der Waals surface area contributed by atoms with Crippen LogP contribution in [0.15, 0.2) is 16.7 Å². The first-order valence-electron chi connectivity index (χ1n) is 6.54. The summed E-state index contributed by atoms with van der Waals surface area (Å²) in [7, 11) is 1.64. The number of nitrogens with two attached hydrogens (primary N) is 1. The van der Waals surface area contributed by atoms with Crippen LogP contribution in [-0.4, -0.2) is 23.0 Å². The van der Waals surface area contributed by atoms with Gasteiger partial charge in [-0.3, -0.25) is 4.79 Å². The third-order valence-electron chi connectivity index (χ3n) is 3.55. The second kappa shape index (κ2) is 5.55. The van der Waals surface area contributed by atoms with Gasteiger partial charge in [-0.1, -0.05) is 5.16 Å². The minimum absolute atomic E-state index is 0.227. The van der Waals surface area contributed by atoms with Crippen LogP contribution in [0.2, 0.25) is 0 Å². The first kappa shape index (κ1) is 15.0. The van der Waals surface area contributed by atoms with Crippen molar-refractivity contribution in [3.8, 4) is 0 Å². The fourth-order valence-electron chi connectivity index (χ4n) is 2.08. The lowest BCUT2D eigenvalue weighted by Crippen LogP contribution is -2.27. The van der Waals surface area contributed by atoms with Gasteiger partial charge in [-0.25, -0.2) is 4.39 Å². The topological polar surface area (TPSA) is 72.4 Å². The Kier molecular flexibility index (Phi) is 3.97. The Labute approximate surface area is 122 Å². The van der Waals surface area contributed by atoms with Crippen molar-refractivity contribution in [2.75, 3.05) is 12.8 Å². The van der Waals surface area contributed by atoms with Crippen LogP contribution in [0.3, 0.4) is 0 Å². The number of hydrogen-bond donors (Lipinski definition) is 1. The molecule has 0 atom stereocenters. The lowest BCUT2D eigenvalue weighted by atomic mass is 10.1. The Bertz CT molecular complexity index is 652. The number of aromatic nitrogens is 1. The first-order chi connectivity index (χ1) is 9.81. The Morgan fingerprint density at radius 2 is 2.05 bits per heavy atom. The summed E-state index contributed by atoms with van der Waals surface area (Å²) in [4.78, 5) is 13.8. The Balaban J connectivity index is 2.24. The molecule has 0 saturated heterocycles. The Hall–Kier alpha value is -2.37. The van der Waals surface area contributed by atoms with Crippen molar-refractivity contribution in [2.45, 2.75) is 27.3 Å². The molecule has 0 radical (unpaired) electrons. The van der Waals surface area contributed by atoms with Crippen LogP contribution in [-0.2, 0) is 6.54 Å². The number of aryl methyl sites for hydroxylation is 2. The largest absolute Gasteiger partial charge is 0.398 e. The fraction of sp³-hybridized carbons (Fsp3) is 0.333. The normalized spacial score (nSPS) is 10.7. The van der Waals surface area contributed by atoms with E-state index in [1.54, 1.807) is 20.9 Å². The number of rotatable bonds is 3. The smallest absolute Gasteiger partial charge is 0.254 e. The summed E-state index contributed by atoms with van der Waals surface area (Å²) in [5.41, 5.74) is 8.14. The molecule has 0 fully saturated rings. The van der Waals surface area contributed by atoms with Crippen molar-refractivity contribution in [2.24, 2.45) is 0 Å². The average molecular weight is 291 g/mol. The van der Waals surface area contributed by atoms with Gasteiger partial charge in [0.25, 0.3) is 5.91 Å². The summed E-state index contributed by atoms with van der Waals surface area (Å²) in [6.07, 6.45) is 0. The van der Waals surface area contributed by atoms with E-state index in [1.165, 1.54) is 17.0 Å². The molecule has 1 aromatic heterocycles. The first-order valence-corrected chi connectivity index (χ1v) is 6.54. The molecule has 1 heterocycles. The molecule has 5 nitrogen and oxygen atoms in total. The molecule has 0 aliphatic rings. The number of anilines is 1. The summed E-state index contributed by atoms with van der Waals surface area (Å²) >= 11 is 0. The van der Waals surface area contributed by atoms with Crippen LogP contribution in [0.1, 0.15) is 32.9 Å². The Morgan fingerprint density at radius 3 is 2.57 bits per heavy atom. The van der Waals surface area contributed by atoms with E-state index >= 15 is 0 Å². The van der Waals surface area contributed by atoms with Gasteiger partial charge < -0.3 is 15.2 Å². The average Bonchev–Trinajstić information content (AvgIpc) is 2.75. The predicted molar refractivity (Wildman–Crippen MR) is 77.3 cm³/mol. The van der Waals surface area contributed by atoms with Crippen molar-refractivity contribution in [1.29, 1.82) is 0 Å². The SMILES string of the molecule is Cc1noc(C)c1CN(C)C(=O)c1cc(N)c(C)c(F)c1. The Morgan fingerprint density at radius 1 is 1.38 bits per heavy atom. The summed E-state index contributed by atoms with van der Waals surface area (Å²) in [6, 6.07) is 2.70. The standard InChI is InChI=1S/C15H18FN3O2/c1-8-13(16)5-11(6-14(8)17)15(20)19(4)7-12-9(2)18-21-10(12)3/h5-6H,7,17H2,1-4H3. The molecule has 2 N–H and O–H groups in total. The minimum Gasteiger partial charge on any atom is -0.398 e. The molecule has 6 heteroatoms. The zero-order valence-electron chi connectivity index (χ0n) is 12.5. The molecule has 0 spiro atoms. The summed E-state index contributed by atoms with van der Waals surface area (Å²) in [6.45, 7) is 5.52. The van der Waals surface area contributed by atoms with Gasteiger partial charge >= 0.3 is 0 Å². The van der Waals surface area contributed by atoms with E-state index < -0.39 is 5.82 Å². The van der Waals surface area contributed by atoms with E-state index in [9.17, 15) is 9.18 Å². The van der Waals surface area contributed by atoms with Crippen LogP contribution in [0.4, 0.5) is 10.1 Å². The van der Waals surface area contributed by atoms with E-state index in [-0.39, 0.29) is 17.2 Å². The molecule has 0 aliphatic heterocycles. The molecular weight excluding hydrogens is 273 g/mol. The quantitative estimate of drug-likeness (QED) is 0.882. The van der Waals surface area contributed by atoms with Gasteiger partial charge in [0.15, 0.2) is 0 Å². The van der Waals surface area contributed by atoms with Crippen molar-refractivity contribution in [3.05, 3.63) is 46.1 Å². The van der Waals surface area contributed by atoms with E-state index in [0.29, 0.717) is 17.9 Å². The van der Waals surface area contributed by atoms with Crippen LogP contribution < -0.4 is 5.73 Å². The second-order valence-electron chi connectivity index (χ2n) is 5.14. The molecule has 2 rings (SSSR count). The zero-order valence-corrected chi connectivity index (χ0v) is 12.5. The molecule has 1 amide bonds. The minimum atomic E-state index is -0.482. The van der Waals surface area contributed by atoms with Gasteiger partial charge in [0.1, 0.15) is 11.6 Å². The molecule has 0 bridgehead atoms. The monoisotopic (exact) mass is 291 g/mol. The number of halogens is 1. The fourth-order valence-corrected chi connectivity index (χ4v) is 2.08. The van der Waals surface area contributed by atoms with Crippen molar-refractivity contribution >= 4 is 11.6 Å². The highest BCUT2D eigenvalue weighted by atomic mass is 19.1. The van der Waals surface area contributed by atoms with E-state index in [4.69, 9.17) is 10.3 Å². The maximum Gasteiger partial charge on any atom is 0.254 e. The van der Waals surface area contributed by atoms with Crippen molar-refractivity contribution < 1.29 is 13.7 Å². The summed E-state index contributed by atoms with van der Waals surface area (Å²) in [5, 5.41) is 3.85. The van der Waals surface area contributed by atoms with E-state index in [2.05, 4.69) is 5.16 Å². The van der Waals surface area contributed by atoms with Gasteiger partial charge in [-0.05, 0) is 32.9 Å². The number of nitrogen functional groups attached to an aromatic ring is 1. The highest BCUT2D eigenvalue weighted by Gasteiger charge is 2.18. The highest BCUT2D eigenvalue weighted by molar-refractivity contribution is 5.95. The number of nitrogens with zero attached hydrogens (tertiary/aromatic N) is 2. The second-order valence-corrected chi connectivity index (χ2v) is 5.14. The molecule has 21 heavy (non-hydrogen) atoms. The number of hydrogen-bond acceptors (Lipinski definition) is 4. The number of amides is 1. The molecule has 0 saturated carbocycles. The zero-order chi connectivity index (χ0) is 15.7. The molecule has 1 aromatic carbocycles. The third kappa shape index (κ3) is 2.89. The maximum absolute atomic E-state index is 13.7. The third-order valence-corrected chi connectivity index (χ3v) is 3.55. The van der Waals surface area contributed by atoms with Gasteiger partial charge in [0.05, 0.1) is 12.2 Å². The van der Waals surface area contributed by atoms with Crippen molar-refractivity contribution in [3.63, 3.8) is 0 Å². The van der Waals surface area contributed by atoms with Gasteiger partial charge in [0.2, 0.25) is 0 Å². The summed E-state index contributed by atoms with van der Waals surface area (Å²) in [5.74, 6) is -0.119. The lowest BCUT2D eigenvalue weighted by Gasteiger charge is -2.18. The van der Waals surface area contributed by atoms with Crippen LogP contribution in [0.25, 0.3) is 0 Å². The molecular formula is C15H18FN3O2. The summed E-state index contributed by atoms with van der Waals surface area (Å²) < 4.78 is 18.8. The highest BCUT2D eigenvalue weighted by Crippen LogP contribution is 2.20. The van der Waals surface area contributed by atoms with Gasteiger partial charge in [-0.2, -0.15) is 0 Å². The van der Waals surface area contributed by atoms with Crippen LogP contribution in [0, 0.1) is 26.6 Å². The van der Waals surface area contributed by atoms with E-state index in [0.717, 1.165) is 11.3 Å². The van der Waals surface area contributed by atoms with Crippen molar-refractivity contribution in [1.82, 2.24) is 10.1 Å².